The molecule has 1 aliphatic rings. The van der Waals surface area contributed by atoms with Gasteiger partial charge in [0.1, 0.15) is 17.3 Å². The Morgan fingerprint density at radius 2 is 1.90 bits per heavy atom. The number of esters is 1. The zero-order chi connectivity index (χ0) is 22.1. The third kappa shape index (κ3) is 3.97. The lowest BCUT2D eigenvalue weighted by molar-refractivity contribution is 0.0461. The summed E-state index contributed by atoms with van der Waals surface area (Å²) in [5.41, 5.74) is 1.17. The molecule has 0 saturated heterocycles. The molecule has 164 valence electrons. The first-order chi connectivity index (χ1) is 14.9. The number of nitrogens with one attached hydrogen (secondary N) is 1. The summed E-state index contributed by atoms with van der Waals surface area (Å²) in [5, 5.41) is 0.673. The standard InChI is InChI=1S/C22H24N2O6S/c1-11-5-6-13-16(7-11)31-21-18(13)20(25)23-17(24-21)10-30-22(26)12-8-14(27-2)19(29-4)15(9-12)28-3/h8-9,11H,5-7,10H2,1-4H3,(H,23,24,25). The van der Waals surface area contributed by atoms with Crippen LogP contribution in [0.25, 0.3) is 10.2 Å². The summed E-state index contributed by atoms with van der Waals surface area (Å²) >= 11 is 1.56. The third-order valence-corrected chi connectivity index (χ3v) is 6.60. The highest BCUT2D eigenvalue weighted by molar-refractivity contribution is 7.18. The molecule has 1 atom stereocenters. The van der Waals surface area contributed by atoms with Crippen LogP contribution in [0.2, 0.25) is 0 Å². The number of carbonyl (C=O) groups is 1. The van der Waals surface area contributed by atoms with Gasteiger partial charge in [-0.3, -0.25) is 4.79 Å². The lowest BCUT2D eigenvalue weighted by Gasteiger charge is -2.17. The van der Waals surface area contributed by atoms with Gasteiger partial charge in [-0.15, -0.1) is 11.3 Å². The fraction of sp³-hybridized carbons (Fsp3) is 0.409. The summed E-state index contributed by atoms with van der Waals surface area (Å²) in [6.45, 7) is 2.07. The average molecular weight is 445 g/mol. The van der Waals surface area contributed by atoms with Gasteiger partial charge in [0.2, 0.25) is 5.75 Å². The Bertz CT molecular complexity index is 1170. The van der Waals surface area contributed by atoms with Gasteiger partial charge < -0.3 is 23.9 Å². The second-order valence-corrected chi connectivity index (χ2v) is 8.62. The van der Waals surface area contributed by atoms with Crippen LogP contribution in [0, 0.1) is 5.92 Å². The number of benzene rings is 1. The van der Waals surface area contributed by atoms with Crippen molar-refractivity contribution in [3.05, 3.63) is 44.3 Å². The van der Waals surface area contributed by atoms with E-state index in [1.54, 1.807) is 11.3 Å². The van der Waals surface area contributed by atoms with Crippen molar-refractivity contribution in [2.24, 2.45) is 5.92 Å². The zero-order valence-corrected chi connectivity index (χ0v) is 18.7. The molecule has 0 aliphatic heterocycles. The molecule has 2 aromatic heterocycles. The minimum Gasteiger partial charge on any atom is -0.493 e. The van der Waals surface area contributed by atoms with E-state index in [0.717, 1.165) is 24.8 Å². The molecular formula is C22H24N2O6S. The lowest BCUT2D eigenvalue weighted by Crippen LogP contribution is -2.16. The molecule has 0 saturated carbocycles. The van der Waals surface area contributed by atoms with E-state index in [1.165, 1.54) is 38.3 Å². The molecule has 1 aromatic carbocycles. The number of methoxy groups -OCH3 is 3. The van der Waals surface area contributed by atoms with Crippen molar-refractivity contribution < 1.29 is 23.7 Å². The maximum atomic E-state index is 12.7. The second kappa shape index (κ2) is 8.58. The van der Waals surface area contributed by atoms with Gasteiger partial charge in [0.25, 0.3) is 5.56 Å². The number of hydrogen-bond donors (Lipinski definition) is 1. The Morgan fingerprint density at radius 1 is 1.19 bits per heavy atom. The SMILES string of the molecule is COc1cc(C(=O)OCc2nc3sc4c(c3c(=O)[nH]2)CCC(C)C4)cc(OC)c1OC. The maximum Gasteiger partial charge on any atom is 0.338 e. The number of thiophene rings is 1. The minimum atomic E-state index is -0.596. The van der Waals surface area contributed by atoms with E-state index in [-0.39, 0.29) is 17.7 Å². The number of aromatic nitrogens is 2. The smallest absolute Gasteiger partial charge is 0.338 e. The first-order valence-corrected chi connectivity index (χ1v) is 10.8. The van der Waals surface area contributed by atoms with Gasteiger partial charge in [0, 0.05) is 4.88 Å². The number of hydrogen-bond acceptors (Lipinski definition) is 8. The molecule has 0 bridgehead atoms. The molecule has 9 heteroatoms. The molecule has 0 fully saturated rings. The van der Waals surface area contributed by atoms with E-state index < -0.39 is 5.97 Å². The maximum absolute atomic E-state index is 12.7. The first-order valence-electron chi connectivity index (χ1n) is 9.95. The number of H-pyrrole nitrogens is 1. The highest BCUT2D eigenvalue weighted by Crippen LogP contribution is 2.38. The predicted molar refractivity (Wildman–Crippen MR) is 117 cm³/mol. The topological polar surface area (TPSA) is 99.7 Å². The lowest BCUT2D eigenvalue weighted by atomic mass is 9.89. The monoisotopic (exact) mass is 444 g/mol. The van der Waals surface area contributed by atoms with E-state index in [1.807, 2.05) is 0 Å². The molecule has 2 heterocycles. The minimum absolute atomic E-state index is 0.153. The van der Waals surface area contributed by atoms with E-state index in [2.05, 4.69) is 16.9 Å². The number of rotatable bonds is 6. The van der Waals surface area contributed by atoms with Gasteiger partial charge in [-0.05, 0) is 42.9 Å². The highest BCUT2D eigenvalue weighted by Gasteiger charge is 2.23. The summed E-state index contributed by atoms with van der Waals surface area (Å²) in [4.78, 5) is 34.5. The molecule has 0 amide bonds. The molecule has 1 N–H and O–H groups in total. The molecular weight excluding hydrogens is 420 g/mol. The van der Waals surface area contributed by atoms with E-state index in [9.17, 15) is 9.59 Å². The van der Waals surface area contributed by atoms with Crippen LogP contribution in [0.15, 0.2) is 16.9 Å². The van der Waals surface area contributed by atoms with Crippen molar-refractivity contribution in [2.75, 3.05) is 21.3 Å². The summed E-state index contributed by atoms with van der Waals surface area (Å²) < 4.78 is 21.2. The van der Waals surface area contributed by atoms with Crippen LogP contribution in [0.5, 0.6) is 17.2 Å². The number of carbonyl (C=O) groups excluding carboxylic acids is 1. The number of nitrogens with zero attached hydrogens (tertiary/aromatic N) is 1. The number of aromatic amines is 1. The van der Waals surface area contributed by atoms with Crippen molar-refractivity contribution in [1.29, 1.82) is 0 Å². The van der Waals surface area contributed by atoms with Crippen LogP contribution in [-0.4, -0.2) is 37.3 Å². The molecule has 1 unspecified atom stereocenters. The molecule has 1 aliphatic carbocycles. The summed E-state index contributed by atoms with van der Waals surface area (Å²) in [5.74, 6) is 1.40. The van der Waals surface area contributed by atoms with Gasteiger partial charge in [-0.25, -0.2) is 9.78 Å². The molecule has 4 rings (SSSR count). The van der Waals surface area contributed by atoms with Crippen molar-refractivity contribution in [3.63, 3.8) is 0 Å². The van der Waals surface area contributed by atoms with Gasteiger partial charge >= 0.3 is 5.97 Å². The van der Waals surface area contributed by atoms with Crippen molar-refractivity contribution >= 4 is 27.5 Å². The largest absolute Gasteiger partial charge is 0.493 e. The second-order valence-electron chi connectivity index (χ2n) is 7.53. The normalized spacial score (nSPS) is 15.4. The molecule has 0 spiro atoms. The number of aryl methyl sites for hydroxylation is 1. The molecule has 0 radical (unpaired) electrons. The quantitative estimate of drug-likeness (QED) is 0.581. The molecule has 31 heavy (non-hydrogen) atoms. The summed E-state index contributed by atoms with van der Waals surface area (Å²) in [6, 6.07) is 3.02. The van der Waals surface area contributed by atoms with Crippen molar-refractivity contribution in [3.8, 4) is 17.2 Å². The average Bonchev–Trinajstić information content (AvgIpc) is 3.13. The van der Waals surface area contributed by atoms with Crippen LogP contribution in [0.1, 0.15) is 40.0 Å². The number of ether oxygens (including phenoxy) is 4. The van der Waals surface area contributed by atoms with Crippen LogP contribution < -0.4 is 19.8 Å². The Labute approximate surface area is 183 Å². The van der Waals surface area contributed by atoms with Gasteiger partial charge in [0.05, 0.1) is 32.3 Å². The van der Waals surface area contributed by atoms with Crippen molar-refractivity contribution in [2.45, 2.75) is 32.8 Å². The van der Waals surface area contributed by atoms with Gasteiger partial charge in [-0.2, -0.15) is 0 Å². The van der Waals surface area contributed by atoms with Gasteiger partial charge in [-0.1, -0.05) is 6.92 Å². The zero-order valence-electron chi connectivity index (χ0n) is 17.9. The van der Waals surface area contributed by atoms with Crippen LogP contribution in [0.3, 0.4) is 0 Å². The summed E-state index contributed by atoms with van der Waals surface area (Å²) in [6.07, 6.45) is 2.95. The van der Waals surface area contributed by atoms with E-state index in [0.29, 0.717) is 39.2 Å². The predicted octanol–water partition coefficient (Wildman–Crippen LogP) is 3.49. The van der Waals surface area contributed by atoms with E-state index in [4.69, 9.17) is 18.9 Å². The third-order valence-electron chi connectivity index (χ3n) is 5.45. The molecule has 3 aromatic rings. The number of fused-ring (bicyclic) bond motifs is 3. The first kappa shape index (κ1) is 21.2. The van der Waals surface area contributed by atoms with Gasteiger partial charge in [0.15, 0.2) is 11.5 Å². The van der Waals surface area contributed by atoms with E-state index >= 15 is 0 Å². The fourth-order valence-electron chi connectivity index (χ4n) is 3.88. The van der Waals surface area contributed by atoms with Crippen molar-refractivity contribution in [1.82, 2.24) is 9.97 Å². The van der Waals surface area contributed by atoms with Crippen LogP contribution in [0.4, 0.5) is 0 Å². The fourth-order valence-corrected chi connectivity index (χ4v) is 5.28. The van der Waals surface area contributed by atoms with Crippen LogP contribution in [-0.2, 0) is 24.2 Å². The Hall–Kier alpha value is -3.07. The Morgan fingerprint density at radius 3 is 2.55 bits per heavy atom. The highest BCUT2D eigenvalue weighted by atomic mass is 32.1. The Kier molecular flexibility index (Phi) is 5.86. The summed E-state index contributed by atoms with van der Waals surface area (Å²) in [7, 11) is 4.43. The Balaban J connectivity index is 1.57. The molecule has 8 nitrogen and oxygen atoms in total. The van der Waals surface area contributed by atoms with Crippen LogP contribution >= 0.6 is 11.3 Å².